The van der Waals surface area contributed by atoms with Crippen molar-refractivity contribution < 1.29 is 14.3 Å². The molecular formula is C18H18N2O3. The van der Waals surface area contributed by atoms with Gasteiger partial charge in [-0.25, -0.2) is 0 Å². The summed E-state index contributed by atoms with van der Waals surface area (Å²) in [5, 5.41) is 4.51. The van der Waals surface area contributed by atoms with Gasteiger partial charge in [0.05, 0.1) is 13.7 Å². The maximum absolute atomic E-state index is 10.2. The fourth-order valence-corrected chi connectivity index (χ4v) is 2.53. The lowest BCUT2D eigenvalue weighted by Gasteiger charge is -2.09. The number of aromatic nitrogens is 1. The number of hydrogen-bond acceptors (Lipinski definition) is 4. The van der Waals surface area contributed by atoms with Crippen molar-refractivity contribution in [1.82, 2.24) is 4.98 Å². The summed E-state index contributed by atoms with van der Waals surface area (Å²) >= 11 is 0. The highest BCUT2D eigenvalue weighted by molar-refractivity contribution is 5.94. The average Bonchev–Trinajstić information content (AvgIpc) is 2.99. The molecule has 2 aromatic carbocycles. The van der Waals surface area contributed by atoms with Gasteiger partial charge in [-0.3, -0.25) is 4.79 Å². The Morgan fingerprint density at radius 3 is 2.87 bits per heavy atom. The fraction of sp³-hybridized carbons (Fsp3) is 0.167. The minimum absolute atomic E-state index is 0.370. The van der Waals surface area contributed by atoms with Gasteiger partial charge in [-0.1, -0.05) is 12.1 Å². The Hall–Kier alpha value is -2.95. The van der Waals surface area contributed by atoms with Crippen LogP contribution < -0.4 is 10.1 Å². The number of aromatic amines is 1. The van der Waals surface area contributed by atoms with E-state index in [2.05, 4.69) is 16.4 Å². The molecule has 0 amide bonds. The number of carbonyl (C=O) groups excluding carboxylic acids is 1. The molecular weight excluding hydrogens is 292 g/mol. The number of hydrogen-bond donors (Lipinski definition) is 2. The highest BCUT2D eigenvalue weighted by Crippen LogP contribution is 2.28. The SMILES string of the molecule is COc1cccc(Nc2cccc3[nH]c(CCOC=O)cc23)c1. The highest BCUT2D eigenvalue weighted by atomic mass is 16.5. The summed E-state index contributed by atoms with van der Waals surface area (Å²) in [6, 6.07) is 15.9. The second kappa shape index (κ2) is 6.87. The number of ether oxygens (including phenoxy) is 2. The van der Waals surface area contributed by atoms with Crippen LogP contribution in [0.1, 0.15) is 5.69 Å². The quantitative estimate of drug-likeness (QED) is 0.516. The van der Waals surface area contributed by atoms with E-state index in [4.69, 9.17) is 9.47 Å². The first-order chi connectivity index (χ1) is 11.3. The molecule has 0 radical (unpaired) electrons. The van der Waals surface area contributed by atoms with Crippen LogP contribution in [0, 0.1) is 0 Å². The lowest BCUT2D eigenvalue weighted by atomic mass is 10.2. The molecule has 0 saturated carbocycles. The van der Waals surface area contributed by atoms with Crippen LogP contribution in [0.4, 0.5) is 11.4 Å². The minimum Gasteiger partial charge on any atom is -0.497 e. The Balaban J connectivity index is 1.86. The average molecular weight is 310 g/mol. The summed E-state index contributed by atoms with van der Waals surface area (Å²) in [5.74, 6) is 0.808. The van der Waals surface area contributed by atoms with Gasteiger partial charge < -0.3 is 19.8 Å². The third-order valence-electron chi connectivity index (χ3n) is 3.63. The molecule has 1 heterocycles. The Labute approximate surface area is 134 Å². The van der Waals surface area contributed by atoms with Gasteiger partial charge in [0.2, 0.25) is 0 Å². The monoisotopic (exact) mass is 310 g/mol. The molecule has 5 heteroatoms. The lowest BCUT2D eigenvalue weighted by Crippen LogP contribution is -1.96. The maximum atomic E-state index is 10.2. The number of nitrogens with one attached hydrogen (secondary N) is 2. The molecule has 3 rings (SSSR count). The standard InChI is InChI=1S/C18H18N2O3/c1-22-15-5-2-4-13(10-15)19-17-6-3-7-18-16(17)11-14(20-18)8-9-23-12-21/h2-7,10-12,19-20H,8-9H2,1H3. The van der Waals surface area contributed by atoms with Crippen molar-refractivity contribution in [3.05, 3.63) is 54.2 Å². The molecule has 0 fully saturated rings. The fourth-order valence-electron chi connectivity index (χ4n) is 2.53. The lowest BCUT2D eigenvalue weighted by molar-refractivity contribution is -0.128. The topological polar surface area (TPSA) is 63.4 Å². The summed E-state index contributed by atoms with van der Waals surface area (Å²) in [5.41, 5.74) is 4.04. The molecule has 0 aliphatic rings. The van der Waals surface area contributed by atoms with Gasteiger partial charge in [0.15, 0.2) is 0 Å². The highest BCUT2D eigenvalue weighted by Gasteiger charge is 2.06. The predicted molar refractivity (Wildman–Crippen MR) is 90.3 cm³/mol. The van der Waals surface area contributed by atoms with Crippen LogP contribution in [0.25, 0.3) is 10.9 Å². The van der Waals surface area contributed by atoms with Crippen LogP contribution in [0.3, 0.4) is 0 Å². The van der Waals surface area contributed by atoms with E-state index in [1.807, 2.05) is 42.5 Å². The van der Waals surface area contributed by atoms with Crippen molar-refractivity contribution in [2.45, 2.75) is 6.42 Å². The van der Waals surface area contributed by atoms with Gasteiger partial charge in [-0.15, -0.1) is 0 Å². The summed E-state index contributed by atoms with van der Waals surface area (Å²) < 4.78 is 10.0. The molecule has 0 aliphatic heterocycles. The smallest absolute Gasteiger partial charge is 0.293 e. The first-order valence-electron chi connectivity index (χ1n) is 7.37. The molecule has 23 heavy (non-hydrogen) atoms. The van der Waals surface area contributed by atoms with E-state index in [1.54, 1.807) is 7.11 Å². The molecule has 0 atom stereocenters. The number of carbonyl (C=O) groups is 1. The molecule has 0 bridgehead atoms. The number of methoxy groups -OCH3 is 1. The van der Waals surface area contributed by atoms with Crippen molar-refractivity contribution >= 4 is 28.7 Å². The van der Waals surface area contributed by atoms with E-state index in [0.717, 1.165) is 33.7 Å². The second-order valence-corrected chi connectivity index (χ2v) is 5.14. The molecule has 0 saturated heterocycles. The van der Waals surface area contributed by atoms with Crippen molar-refractivity contribution in [2.24, 2.45) is 0 Å². The Kier molecular flexibility index (Phi) is 4.47. The van der Waals surface area contributed by atoms with E-state index in [9.17, 15) is 4.79 Å². The number of benzene rings is 2. The third kappa shape index (κ3) is 3.45. The molecule has 0 unspecified atom stereocenters. The number of H-pyrrole nitrogens is 1. The van der Waals surface area contributed by atoms with E-state index in [1.165, 1.54) is 0 Å². The van der Waals surface area contributed by atoms with Gasteiger partial charge >= 0.3 is 0 Å². The van der Waals surface area contributed by atoms with Gasteiger partial charge in [-0.2, -0.15) is 0 Å². The van der Waals surface area contributed by atoms with Gasteiger partial charge in [0.1, 0.15) is 5.75 Å². The van der Waals surface area contributed by atoms with E-state index < -0.39 is 0 Å². The summed E-state index contributed by atoms with van der Waals surface area (Å²) in [6.07, 6.45) is 0.659. The normalized spacial score (nSPS) is 10.5. The summed E-state index contributed by atoms with van der Waals surface area (Å²) in [6.45, 7) is 0.841. The Bertz CT molecular complexity index is 811. The van der Waals surface area contributed by atoms with Gasteiger partial charge in [0, 0.05) is 40.5 Å². The molecule has 0 spiro atoms. The van der Waals surface area contributed by atoms with Crippen molar-refractivity contribution in [3.8, 4) is 5.75 Å². The van der Waals surface area contributed by atoms with Crippen LogP contribution in [0.5, 0.6) is 5.75 Å². The zero-order valence-corrected chi connectivity index (χ0v) is 12.8. The zero-order valence-electron chi connectivity index (χ0n) is 12.8. The Morgan fingerprint density at radius 1 is 1.17 bits per heavy atom. The largest absolute Gasteiger partial charge is 0.497 e. The first-order valence-corrected chi connectivity index (χ1v) is 7.37. The van der Waals surface area contributed by atoms with Crippen LogP contribution in [0.2, 0.25) is 0 Å². The maximum Gasteiger partial charge on any atom is 0.293 e. The first kappa shape index (κ1) is 15.0. The second-order valence-electron chi connectivity index (χ2n) is 5.14. The van der Waals surface area contributed by atoms with Crippen LogP contribution in [0.15, 0.2) is 48.5 Å². The molecule has 118 valence electrons. The molecule has 1 aromatic heterocycles. The number of rotatable bonds is 7. The van der Waals surface area contributed by atoms with Crippen LogP contribution >= 0.6 is 0 Å². The minimum atomic E-state index is 0.370. The molecule has 0 aliphatic carbocycles. The van der Waals surface area contributed by atoms with E-state index in [0.29, 0.717) is 19.5 Å². The molecule has 5 nitrogen and oxygen atoms in total. The molecule has 2 N–H and O–H groups in total. The Morgan fingerprint density at radius 2 is 2.04 bits per heavy atom. The van der Waals surface area contributed by atoms with Crippen LogP contribution in [-0.2, 0) is 16.0 Å². The number of anilines is 2. The zero-order chi connectivity index (χ0) is 16.1. The van der Waals surface area contributed by atoms with Crippen molar-refractivity contribution in [2.75, 3.05) is 19.0 Å². The van der Waals surface area contributed by atoms with E-state index >= 15 is 0 Å². The summed E-state index contributed by atoms with van der Waals surface area (Å²) in [7, 11) is 1.65. The summed E-state index contributed by atoms with van der Waals surface area (Å²) in [4.78, 5) is 13.6. The van der Waals surface area contributed by atoms with E-state index in [-0.39, 0.29) is 0 Å². The number of fused-ring (bicyclic) bond motifs is 1. The molecule has 3 aromatic rings. The van der Waals surface area contributed by atoms with Gasteiger partial charge in [-0.05, 0) is 30.3 Å². The third-order valence-corrected chi connectivity index (χ3v) is 3.63. The van der Waals surface area contributed by atoms with Crippen molar-refractivity contribution in [3.63, 3.8) is 0 Å². The van der Waals surface area contributed by atoms with Gasteiger partial charge in [0.25, 0.3) is 6.47 Å². The predicted octanol–water partition coefficient (Wildman–Crippen LogP) is 3.64. The van der Waals surface area contributed by atoms with Crippen molar-refractivity contribution in [1.29, 1.82) is 0 Å². The van der Waals surface area contributed by atoms with Crippen LogP contribution in [-0.4, -0.2) is 25.2 Å².